The molecule has 1 rings (SSSR count). The van der Waals surface area contributed by atoms with E-state index in [1.54, 1.807) is 4.90 Å². The molecule has 0 aliphatic carbocycles. The molecule has 2 unspecified atom stereocenters. The normalized spacial score (nSPS) is 18.0. The Morgan fingerprint density at radius 1 is 1.07 bits per heavy atom. The van der Waals surface area contributed by atoms with E-state index in [1.165, 1.54) is 6.92 Å². The van der Waals surface area contributed by atoms with Crippen LogP contribution in [0.1, 0.15) is 40.5 Å². The first-order chi connectivity index (χ1) is 13.7. The molecular weight excluding hydrogens is 378 g/mol. The molecule has 0 bridgehead atoms. The number of hydrogen-bond acceptors (Lipinski definition) is 7. The molecule has 1 heterocycles. The number of carbonyl (C=O) groups excluding carboxylic acids is 3. The van der Waals surface area contributed by atoms with Gasteiger partial charge in [0.15, 0.2) is 5.78 Å². The molecule has 0 radical (unpaired) electrons. The summed E-state index contributed by atoms with van der Waals surface area (Å²) in [7, 11) is 0. The highest BCUT2D eigenvalue weighted by molar-refractivity contribution is 5.93. The van der Waals surface area contributed by atoms with Crippen LogP contribution in [0.2, 0.25) is 0 Å². The van der Waals surface area contributed by atoms with Crippen LogP contribution in [0, 0.1) is 5.41 Å². The maximum atomic E-state index is 13.0. The fraction of sp³-hybridized carbons (Fsp3) is 0.850. The Morgan fingerprint density at radius 3 is 2.21 bits per heavy atom. The smallest absolute Gasteiger partial charge is 0.246 e. The predicted octanol–water partition coefficient (Wildman–Crippen LogP) is 0.106. The van der Waals surface area contributed by atoms with Crippen molar-refractivity contribution in [3.8, 4) is 0 Å². The third-order valence-electron chi connectivity index (χ3n) is 4.66. The molecule has 2 amide bonds. The molecule has 168 valence electrons. The summed E-state index contributed by atoms with van der Waals surface area (Å²) in [4.78, 5) is 38.8. The van der Waals surface area contributed by atoms with Crippen molar-refractivity contribution in [3.05, 3.63) is 0 Å². The van der Waals surface area contributed by atoms with E-state index in [-0.39, 0.29) is 30.8 Å². The molecule has 29 heavy (non-hydrogen) atoms. The average molecular weight is 416 g/mol. The highest BCUT2D eigenvalue weighted by Crippen LogP contribution is 2.26. The fourth-order valence-corrected chi connectivity index (χ4v) is 3.16. The SMILES string of the molecule is CC(=O)C1CCCN1C(=O)C(NC(=O)COCCOCCOCCN)C(C)(C)C. The molecule has 0 aromatic heterocycles. The van der Waals surface area contributed by atoms with Crippen LogP contribution >= 0.6 is 0 Å². The zero-order valence-corrected chi connectivity index (χ0v) is 18.2. The molecule has 2 atom stereocenters. The molecule has 1 saturated heterocycles. The summed E-state index contributed by atoms with van der Waals surface area (Å²) < 4.78 is 15.8. The Bertz CT molecular complexity index is 535. The van der Waals surface area contributed by atoms with Crippen LogP contribution in [-0.4, -0.2) is 87.3 Å². The second kappa shape index (κ2) is 12.9. The minimum Gasteiger partial charge on any atom is -0.378 e. The van der Waals surface area contributed by atoms with Crippen LogP contribution in [0.25, 0.3) is 0 Å². The fourth-order valence-electron chi connectivity index (χ4n) is 3.16. The first-order valence-corrected chi connectivity index (χ1v) is 10.2. The number of nitrogens with zero attached hydrogens (tertiary/aromatic N) is 1. The maximum absolute atomic E-state index is 13.0. The van der Waals surface area contributed by atoms with Gasteiger partial charge in [-0.1, -0.05) is 20.8 Å². The molecule has 0 saturated carbocycles. The Kier molecular flexibility index (Phi) is 11.3. The number of carbonyl (C=O) groups is 3. The third kappa shape index (κ3) is 9.20. The molecule has 0 aromatic carbocycles. The zero-order chi connectivity index (χ0) is 21.9. The maximum Gasteiger partial charge on any atom is 0.246 e. The van der Waals surface area contributed by atoms with Crippen LogP contribution in [0.4, 0.5) is 0 Å². The number of nitrogens with one attached hydrogen (secondary N) is 1. The van der Waals surface area contributed by atoms with Crippen LogP contribution in [0.3, 0.4) is 0 Å². The van der Waals surface area contributed by atoms with Crippen molar-refractivity contribution >= 4 is 17.6 Å². The zero-order valence-electron chi connectivity index (χ0n) is 18.2. The minimum absolute atomic E-state index is 0.0217. The van der Waals surface area contributed by atoms with Crippen molar-refractivity contribution in [2.45, 2.75) is 52.6 Å². The number of nitrogens with two attached hydrogens (primary N) is 1. The van der Waals surface area contributed by atoms with Gasteiger partial charge in [0.25, 0.3) is 0 Å². The van der Waals surface area contributed by atoms with E-state index in [4.69, 9.17) is 19.9 Å². The van der Waals surface area contributed by atoms with E-state index in [0.29, 0.717) is 45.9 Å². The molecule has 9 heteroatoms. The minimum atomic E-state index is -0.727. The van der Waals surface area contributed by atoms with E-state index < -0.39 is 17.5 Å². The summed E-state index contributed by atoms with van der Waals surface area (Å²) in [6.07, 6.45) is 1.47. The third-order valence-corrected chi connectivity index (χ3v) is 4.66. The van der Waals surface area contributed by atoms with E-state index in [9.17, 15) is 14.4 Å². The van der Waals surface area contributed by atoms with Crippen molar-refractivity contribution in [1.82, 2.24) is 10.2 Å². The number of likely N-dealkylation sites (tertiary alicyclic amines) is 1. The number of Topliss-reactive ketones (excluding diaryl/α,β-unsaturated/α-hetero) is 1. The van der Waals surface area contributed by atoms with Gasteiger partial charge in [-0.25, -0.2) is 0 Å². The molecule has 1 aliphatic heterocycles. The second-order valence-electron chi connectivity index (χ2n) is 8.23. The highest BCUT2D eigenvalue weighted by atomic mass is 16.5. The Balaban J connectivity index is 2.42. The number of hydrogen-bond donors (Lipinski definition) is 2. The van der Waals surface area contributed by atoms with Gasteiger partial charge in [-0.2, -0.15) is 0 Å². The lowest BCUT2D eigenvalue weighted by molar-refractivity contribution is -0.143. The average Bonchev–Trinajstić information content (AvgIpc) is 3.13. The van der Waals surface area contributed by atoms with Crippen LogP contribution in [0.5, 0.6) is 0 Å². The van der Waals surface area contributed by atoms with Gasteiger partial charge in [0.1, 0.15) is 12.6 Å². The van der Waals surface area contributed by atoms with Gasteiger partial charge in [0, 0.05) is 13.1 Å². The molecule has 0 aromatic rings. The van der Waals surface area contributed by atoms with E-state index in [0.717, 1.165) is 6.42 Å². The summed E-state index contributed by atoms with van der Waals surface area (Å²) >= 11 is 0. The van der Waals surface area contributed by atoms with Crippen molar-refractivity contribution in [1.29, 1.82) is 0 Å². The van der Waals surface area contributed by atoms with Gasteiger partial charge >= 0.3 is 0 Å². The summed E-state index contributed by atoms with van der Waals surface area (Å²) in [6.45, 7) is 10.0. The van der Waals surface area contributed by atoms with Gasteiger partial charge in [0.2, 0.25) is 11.8 Å². The largest absolute Gasteiger partial charge is 0.378 e. The molecule has 1 fully saturated rings. The van der Waals surface area contributed by atoms with Crippen LogP contribution < -0.4 is 11.1 Å². The molecular formula is C20H37N3O6. The molecule has 0 spiro atoms. The van der Waals surface area contributed by atoms with Gasteiger partial charge in [-0.05, 0) is 25.2 Å². The van der Waals surface area contributed by atoms with E-state index in [2.05, 4.69) is 5.32 Å². The summed E-state index contributed by atoms with van der Waals surface area (Å²) in [5.41, 5.74) is 4.81. The van der Waals surface area contributed by atoms with Crippen molar-refractivity contribution in [2.24, 2.45) is 11.1 Å². The summed E-state index contributed by atoms with van der Waals surface area (Å²) in [5, 5.41) is 2.78. The lowest BCUT2D eigenvalue weighted by atomic mass is 9.85. The lowest BCUT2D eigenvalue weighted by Crippen LogP contribution is -2.57. The number of ketones is 1. The second-order valence-corrected chi connectivity index (χ2v) is 8.23. The Labute approximate surface area is 173 Å². The molecule has 3 N–H and O–H groups in total. The first kappa shape index (κ1) is 25.5. The van der Waals surface area contributed by atoms with Gasteiger partial charge in [0.05, 0.1) is 39.1 Å². The summed E-state index contributed by atoms with van der Waals surface area (Å²) in [5.74, 6) is -0.612. The molecule has 9 nitrogen and oxygen atoms in total. The number of ether oxygens (including phenoxy) is 3. The monoisotopic (exact) mass is 415 g/mol. The molecule has 1 aliphatic rings. The summed E-state index contributed by atoms with van der Waals surface area (Å²) in [6, 6.07) is -1.12. The van der Waals surface area contributed by atoms with E-state index in [1.807, 2.05) is 20.8 Å². The Morgan fingerprint density at radius 2 is 1.66 bits per heavy atom. The van der Waals surface area contributed by atoms with Gasteiger partial charge in [-0.3, -0.25) is 14.4 Å². The van der Waals surface area contributed by atoms with Crippen LogP contribution in [-0.2, 0) is 28.6 Å². The van der Waals surface area contributed by atoms with Crippen LogP contribution in [0.15, 0.2) is 0 Å². The highest BCUT2D eigenvalue weighted by Gasteiger charge is 2.40. The first-order valence-electron chi connectivity index (χ1n) is 10.2. The predicted molar refractivity (Wildman–Crippen MR) is 108 cm³/mol. The number of amides is 2. The van der Waals surface area contributed by atoms with E-state index >= 15 is 0 Å². The number of rotatable bonds is 13. The standard InChI is InChI=1S/C20H37N3O6/c1-15(24)16-6-5-8-23(16)19(26)18(20(2,3)4)22-17(25)14-29-13-12-28-11-10-27-9-7-21/h16,18H,5-14,21H2,1-4H3,(H,22,25). The van der Waals surface area contributed by atoms with Gasteiger partial charge in [-0.15, -0.1) is 0 Å². The lowest BCUT2D eigenvalue weighted by Gasteiger charge is -2.35. The Hall–Kier alpha value is -1.55. The van der Waals surface area contributed by atoms with Crippen molar-refractivity contribution < 1.29 is 28.6 Å². The van der Waals surface area contributed by atoms with Crippen molar-refractivity contribution in [2.75, 3.05) is 52.7 Å². The van der Waals surface area contributed by atoms with Crippen molar-refractivity contribution in [3.63, 3.8) is 0 Å². The van der Waals surface area contributed by atoms with Gasteiger partial charge < -0.3 is 30.2 Å². The quantitative estimate of drug-likeness (QED) is 0.410. The topological polar surface area (TPSA) is 120 Å².